The van der Waals surface area contributed by atoms with Crippen molar-refractivity contribution in [1.29, 1.82) is 0 Å². The summed E-state index contributed by atoms with van der Waals surface area (Å²) in [5.41, 5.74) is 7.58. The Kier molecular flexibility index (Phi) is 3.83. The number of rotatable bonds is 3. The molecule has 0 saturated carbocycles. The van der Waals surface area contributed by atoms with Crippen molar-refractivity contribution >= 4 is 0 Å². The maximum Gasteiger partial charge on any atom is 0.164 e. The zero-order chi connectivity index (χ0) is 16.7. The zero-order valence-electron chi connectivity index (χ0n) is 14.2. The third kappa shape index (κ3) is 2.80. The van der Waals surface area contributed by atoms with Crippen molar-refractivity contribution in [2.24, 2.45) is 5.73 Å². The van der Waals surface area contributed by atoms with E-state index in [1.807, 2.05) is 69.3 Å². The Labute approximate surface area is 138 Å². The Morgan fingerprint density at radius 1 is 0.913 bits per heavy atom. The SMILES string of the molecule is CC1(C)O[C@@H]([C@@](C)(N)c2ccccc2)[C@](C)(c2ccccc2)O1. The van der Waals surface area contributed by atoms with Crippen molar-refractivity contribution < 1.29 is 9.47 Å². The fourth-order valence-corrected chi connectivity index (χ4v) is 3.61. The van der Waals surface area contributed by atoms with Gasteiger partial charge in [0.2, 0.25) is 0 Å². The number of hydrogen-bond donors (Lipinski definition) is 1. The average Bonchev–Trinajstić information content (AvgIpc) is 2.80. The van der Waals surface area contributed by atoms with Gasteiger partial charge in [0.15, 0.2) is 5.79 Å². The molecule has 0 aromatic heterocycles. The second-order valence-electron chi connectivity index (χ2n) is 7.12. The minimum absolute atomic E-state index is 0.310. The average molecular weight is 311 g/mol. The lowest BCUT2D eigenvalue weighted by atomic mass is 9.76. The first-order valence-electron chi connectivity index (χ1n) is 8.04. The Balaban J connectivity index is 2.09. The van der Waals surface area contributed by atoms with E-state index < -0.39 is 16.9 Å². The summed E-state index contributed by atoms with van der Waals surface area (Å²) in [5, 5.41) is 0. The molecule has 1 aliphatic rings. The van der Waals surface area contributed by atoms with E-state index >= 15 is 0 Å². The topological polar surface area (TPSA) is 44.5 Å². The minimum atomic E-state index is -0.690. The molecule has 1 aliphatic heterocycles. The first kappa shape index (κ1) is 16.2. The van der Waals surface area contributed by atoms with Crippen LogP contribution in [0.2, 0.25) is 0 Å². The fourth-order valence-electron chi connectivity index (χ4n) is 3.61. The Hall–Kier alpha value is -1.68. The predicted octanol–water partition coefficient (Wildman–Crippen LogP) is 3.93. The smallest absolute Gasteiger partial charge is 0.164 e. The molecule has 1 heterocycles. The molecule has 0 unspecified atom stereocenters. The van der Waals surface area contributed by atoms with Gasteiger partial charge in [-0.05, 0) is 38.8 Å². The molecule has 3 rings (SSSR count). The van der Waals surface area contributed by atoms with Gasteiger partial charge in [-0.15, -0.1) is 0 Å². The van der Waals surface area contributed by atoms with E-state index in [1.54, 1.807) is 0 Å². The quantitative estimate of drug-likeness (QED) is 0.934. The third-order valence-corrected chi connectivity index (χ3v) is 4.65. The highest BCUT2D eigenvalue weighted by atomic mass is 16.8. The highest BCUT2D eigenvalue weighted by Crippen LogP contribution is 2.49. The fraction of sp³-hybridized carbons (Fsp3) is 0.400. The molecule has 2 N–H and O–H groups in total. The molecule has 0 spiro atoms. The normalized spacial score (nSPS) is 29.2. The second-order valence-corrected chi connectivity index (χ2v) is 7.12. The third-order valence-electron chi connectivity index (χ3n) is 4.65. The van der Waals surface area contributed by atoms with Crippen molar-refractivity contribution in [3.63, 3.8) is 0 Å². The molecule has 2 aromatic rings. The molecule has 2 aromatic carbocycles. The van der Waals surface area contributed by atoms with Gasteiger partial charge in [-0.2, -0.15) is 0 Å². The van der Waals surface area contributed by atoms with Gasteiger partial charge in [-0.3, -0.25) is 0 Å². The minimum Gasteiger partial charge on any atom is -0.342 e. The van der Waals surface area contributed by atoms with Crippen molar-refractivity contribution in [2.75, 3.05) is 0 Å². The molecule has 23 heavy (non-hydrogen) atoms. The summed E-state index contributed by atoms with van der Waals surface area (Å²) in [6.07, 6.45) is -0.310. The van der Waals surface area contributed by atoms with Crippen LogP contribution in [0.15, 0.2) is 60.7 Å². The van der Waals surface area contributed by atoms with Crippen LogP contribution in [0.5, 0.6) is 0 Å². The molecule has 3 nitrogen and oxygen atoms in total. The highest BCUT2D eigenvalue weighted by Gasteiger charge is 2.57. The van der Waals surface area contributed by atoms with Crippen molar-refractivity contribution in [3.05, 3.63) is 71.8 Å². The van der Waals surface area contributed by atoms with Gasteiger partial charge in [-0.25, -0.2) is 0 Å². The standard InChI is InChI=1S/C20H25NO2/c1-18(2)22-17(19(3,21)15-11-7-5-8-12-15)20(4,23-18)16-13-9-6-10-14-16/h5-14,17H,21H2,1-4H3/t17-,19-,20-/m0/s1. The number of benzene rings is 2. The molecule has 3 atom stereocenters. The van der Waals surface area contributed by atoms with E-state index in [0.29, 0.717) is 0 Å². The van der Waals surface area contributed by atoms with Crippen LogP contribution in [0.1, 0.15) is 38.8 Å². The maximum atomic E-state index is 6.77. The van der Waals surface area contributed by atoms with E-state index in [4.69, 9.17) is 15.2 Å². The van der Waals surface area contributed by atoms with Gasteiger partial charge in [-0.1, -0.05) is 60.7 Å². The van der Waals surface area contributed by atoms with Gasteiger partial charge >= 0.3 is 0 Å². The number of ether oxygens (including phenoxy) is 2. The lowest BCUT2D eigenvalue weighted by Gasteiger charge is -2.39. The molecule has 1 fully saturated rings. The van der Waals surface area contributed by atoms with Gasteiger partial charge in [0.05, 0.1) is 5.54 Å². The van der Waals surface area contributed by atoms with Crippen molar-refractivity contribution in [1.82, 2.24) is 0 Å². The summed E-state index contributed by atoms with van der Waals surface area (Å²) < 4.78 is 12.6. The summed E-state index contributed by atoms with van der Waals surface area (Å²) in [7, 11) is 0. The number of hydrogen-bond acceptors (Lipinski definition) is 3. The summed E-state index contributed by atoms with van der Waals surface area (Å²) in [6, 6.07) is 20.2. The predicted molar refractivity (Wildman–Crippen MR) is 91.8 cm³/mol. The van der Waals surface area contributed by atoms with E-state index in [9.17, 15) is 0 Å². The Bertz CT molecular complexity index is 667. The molecule has 122 valence electrons. The van der Waals surface area contributed by atoms with Crippen LogP contribution < -0.4 is 5.73 Å². The van der Waals surface area contributed by atoms with Gasteiger partial charge < -0.3 is 15.2 Å². The molecule has 3 heteroatoms. The number of nitrogens with two attached hydrogens (primary N) is 1. The summed E-state index contributed by atoms with van der Waals surface area (Å²) in [4.78, 5) is 0. The monoisotopic (exact) mass is 311 g/mol. The molecular formula is C20H25NO2. The largest absolute Gasteiger partial charge is 0.342 e. The summed E-state index contributed by atoms with van der Waals surface area (Å²) in [6.45, 7) is 7.96. The highest BCUT2D eigenvalue weighted by molar-refractivity contribution is 5.32. The van der Waals surface area contributed by atoms with Crippen LogP contribution in [-0.2, 0) is 20.6 Å². The van der Waals surface area contributed by atoms with Crippen molar-refractivity contribution in [2.45, 2.75) is 50.7 Å². The van der Waals surface area contributed by atoms with E-state index in [1.165, 1.54) is 0 Å². The lowest BCUT2D eigenvalue weighted by Crippen LogP contribution is -2.53. The Morgan fingerprint density at radius 3 is 2.00 bits per heavy atom. The molecule has 0 aliphatic carbocycles. The molecule has 0 radical (unpaired) electrons. The lowest BCUT2D eigenvalue weighted by molar-refractivity contribution is -0.164. The second kappa shape index (κ2) is 5.45. The molecule has 0 amide bonds. The van der Waals surface area contributed by atoms with Gasteiger partial charge in [0.1, 0.15) is 11.7 Å². The Morgan fingerprint density at radius 2 is 1.43 bits per heavy atom. The van der Waals surface area contributed by atoms with Crippen LogP contribution in [0, 0.1) is 0 Å². The maximum absolute atomic E-state index is 6.77. The van der Waals surface area contributed by atoms with Crippen LogP contribution >= 0.6 is 0 Å². The molecule has 0 bridgehead atoms. The van der Waals surface area contributed by atoms with E-state index in [-0.39, 0.29) is 6.10 Å². The van der Waals surface area contributed by atoms with Crippen LogP contribution in [0.3, 0.4) is 0 Å². The first-order valence-corrected chi connectivity index (χ1v) is 8.04. The first-order chi connectivity index (χ1) is 10.8. The van der Waals surface area contributed by atoms with Gasteiger partial charge in [0, 0.05) is 0 Å². The molecule has 1 saturated heterocycles. The zero-order valence-corrected chi connectivity index (χ0v) is 14.2. The van der Waals surface area contributed by atoms with Crippen LogP contribution in [-0.4, -0.2) is 11.9 Å². The van der Waals surface area contributed by atoms with E-state index in [2.05, 4.69) is 19.1 Å². The summed E-state index contributed by atoms with van der Waals surface area (Å²) >= 11 is 0. The molecular weight excluding hydrogens is 286 g/mol. The van der Waals surface area contributed by atoms with E-state index in [0.717, 1.165) is 11.1 Å². The van der Waals surface area contributed by atoms with Crippen LogP contribution in [0.25, 0.3) is 0 Å². The summed E-state index contributed by atoms with van der Waals surface area (Å²) in [5.74, 6) is -0.690. The van der Waals surface area contributed by atoms with Gasteiger partial charge in [0.25, 0.3) is 0 Å². The van der Waals surface area contributed by atoms with Crippen molar-refractivity contribution in [3.8, 4) is 0 Å². The van der Waals surface area contributed by atoms with Crippen LogP contribution in [0.4, 0.5) is 0 Å².